The van der Waals surface area contributed by atoms with E-state index < -0.39 is 0 Å². The average molecular weight is 364 g/mol. The summed E-state index contributed by atoms with van der Waals surface area (Å²) in [5.41, 5.74) is 1.69. The molecule has 1 saturated heterocycles. The maximum Gasteiger partial charge on any atom is 0.292 e. The zero-order valence-corrected chi connectivity index (χ0v) is 14.4. The van der Waals surface area contributed by atoms with Gasteiger partial charge in [0.05, 0.1) is 28.7 Å². The highest BCUT2D eigenvalue weighted by Crippen LogP contribution is 2.29. The summed E-state index contributed by atoms with van der Waals surface area (Å²) < 4.78 is 0. The zero-order valence-electron chi connectivity index (χ0n) is 12.9. The first-order valence-electron chi connectivity index (χ1n) is 7.75. The van der Waals surface area contributed by atoms with E-state index in [9.17, 15) is 9.59 Å². The molecule has 1 heterocycles. The van der Waals surface area contributed by atoms with E-state index in [-0.39, 0.29) is 24.3 Å². The van der Waals surface area contributed by atoms with Gasteiger partial charge in [-0.25, -0.2) is 4.90 Å². The number of rotatable bonds is 5. The lowest BCUT2D eigenvalue weighted by Gasteiger charge is -2.15. The van der Waals surface area contributed by atoms with Gasteiger partial charge in [-0.1, -0.05) is 53.5 Å². The van der Waals surface area contributed by atoms with Crippen LogP contribution in [-0.4, -0.2) is 24.4 Å². The predicted molar refractivity (Wildman–Crippen MR) is 94.3 cm³/mol. The molecule has 6 heteroatoms. The standard InChI is InChI=1S/C18H16Cl2N2O2/c19-14-7-6-13(10-15(14)20)22-17(23)11-16(18(22)24)21-9-8-12-4-2-1-3-5-12/h1-7,10,16,21H,8-9,11H2/p+1/t16-/m0/s1. The van der Waals surface area contributed by atoms with E-state index in [0.29, 0.717) is 15.7 Å². The number of benzene rings is 2. The molecule has 0 aromatic heterocycles. The fourth-order valence-corrected chi connectivity index (χ4v) is 3.12. The summed E-state index contributed by atoms with van der Waals surface area (Å²) in [5.74, 6) is -0.411. The normalized spacial score (nSPS) is 17.6. The largest absolute Gasteiger partial charge is 0.335 e. The minimum Gasteiger partial charge on any atom is -0.335 e. The molecule has 0 unspecified atom stereocenters. The van der Waals surface area contributed by atoms with Crippen LogP contribution in [0, 0.1) is 0 Å². The Balaban J connectivity index is 1.64. The Morgan fingerprint density at radius 3 is 2.50 bits per heavy atom. The molecule has 4 nitrogen and oxygen atoms in total. The molecular weight excluding hydrogens is 347 g/mol. The van der Waals surface area contributed by atoms with Crippen LogP contribution in [-0.2, 0) is 16.0 Å². The molecule has 1 atom stereocenters. The summed E-state index contributed by atoms with van der Waals surface area (Å²) in [7, 11) is 0. The minimum absolute atomic E-state index is 0.202. The van der Waals surface area contributed by atoms with E-state index in [0.717, 1.165) is 13.0 Å². The number of hydrogen-bond donors (Lipinski definition) is 1. The summed E-state index contributed by atoms with van der Waals surface area (Å²) in [4.78, 5) is 26.0. The van der Waals surface area contributed by atoms with Gasteiger partial charge < -0.3 is 5.32 Å². The number of carbonyl (C=O) groups is 2. The van der Waals surface area contributed by atoms with E-state index in [1.165, 1.54) is 10.5 Å². The van der Waals surface area contributed by atoms with Crippen LogP contribution in [0.4, 0.5) is 5.69 Å². The number of amides is 2. The highest BCUT2D eigenvalue weighted by atomic mass is 35.5. The molecule has 2 aromatic carbocycles. The topological polar surface area (TPSA) is 54.0 Å². The van der Waals surface area contributed by atoms with E-state index in [1.54, 1.807) is 18.2 Å². The average Bonchev–Trinajstić information content (AvgIpc) is 2.85. The van der Waals surface area contributed by atoms with Crippen molar-refractivity contribution < 1.29 is 14.9 Å². The summed E-state index contributed by atoms with van der Waals surface area (Å²) in [6, 6.07) is 14.5. The highest BCUT2D eigenvalue weighted by molar-refractivity contribution is 6.42. The Kier molecular flexibility index (Phi) is 5.19. The Morgan fingerprint density at radius 1 is 1.04 bits per heavy atom. The van der Waals surface area contributed by atoms with Crippen molar-refractivity contribution in [2.45, 2.75) is 18.9 Å². The zero-order chi connectivity index (χ0) is 17.1. The molecule has 2 amide bonds. The van der Waals surface area contributed by atoms with Crippen LogP contribution in [0.1, 0.15) is 12.0 Å². The molecule has 1 fully saturated rings. The van der Waals surface area contributed by atoms with E-state index >= 15 is 0 Å². The fourth-order valence-electron chi connectivity index (χ4n) is 2.83. The van der Waals surface area contributed by atoms with Crippen LogP contribution in [0.15, 0.2) is 48.5 Å². The first-order valence-corrected chi connectivity index (χ1v) is 8.51. The quantitative estimate of drug-likeness (QED) is 0.829. The first kappa shape index (κ1) is 17.0. The lowest BCUT2D eigenvalue weighted by Crippen LogP contribution is -2.92. The monoisotopic (exact) mass is 363 g/mol. The van der Waals surface area contributed by atoms with Crippen molar-refractivity contribution in [2.75, 3.05) is 11.4 Å². The third kappa shape index (κ3) is 3.61. The van der Waals surface area contributed by atoms with Crippen molar-refractivity contribution in [3.8, 4) is 0 Å². The van der Waals surface area contributed by atoms with E-state index in [4.69, 9.17) is 23.2 Å². The number of anilines is 1. The second-order valence-electron chi connectivity index (χ2n) is 5.74. The number of quaternary nitrogens is 1. The Bertz CT molecular complexity index is 765. The van der Waals surface area contributed by atoms with Gasteiger partial charge in [-0.2, -0.15) is 0 Å². The number of halogens is 2. The molecular formula is C18H17Cl2N2O2+. The Labute approximate surface area is 150 Å². The number of nitrogens with zero attached hydrogens (tertiary/aromatic N) is 1. The second kappa shape index (κ2) is 7.34. The van der Waals surface area contributed by atoms with Gasteiger partial charge in [0.2, 0.25) is 5.91 Å². The Hall–Kier alpha value is -1.88. The van der Waals surface area contributed by atoms with Crippen molar-refractivity contribution in [3.05, 3.63) is 64.1 Å². The van der Waals surface area contributed by atoms with Crippen molar-refractivity contribution >= 4 is 40.7 Å². The summed E-state index contributed by atoms with van der Waals surface area (Å²) in [6.07, 6.45) is 1.06. The van der Waals surface area contributed by atoms with Crippen molar-refractivity contribution in [1.82, 2.24) is 0 Å². The van der Waals surface area contributed by atoms with E-state index in [1.807, 2.05) is 23.5 Å². The van der Waals surface area contributed by atoms with Gasteiger partial charge in [0.25, 0.3) is 5.91 Å². The van der Waals surface area contributed by atoms with Gasteiger partial charge in [0.1, 0.15) is 0 Å². The predicted octanol–water partition coefficient (Wildman–Crippen LogP) is 2.43. The molecule has 2 N–H and O–H groups in total. The summed E-state index contributed by atoms with van der Waals surface area (Å²) in [5, 5.41) is 2.65. The lowest BCUT2D eigenvalue weighted by atomic mass is 10.1. The van der Waals surface area contributed by atoms with Gasteiger partial charge in [-0.15, -0.1) is 0 Å². The van der Waals surface area contributed by atoms with Gasteiger partial charge in [0, 0.05) is 6.42 Å². The number of carbonyl (C=O) groups excluding carboxylic acids is 2. The molecule has 24 heavy (non-hydrogen) atoms. The van der Waals surface area contributed by atoms with Crippen molar-refractivity contribution in [2.24, 2.45) is 0 Å². The molecule has 0 aliphatic carbocycles. The fraction of sp³-hybridized carbons (Fsp3) is 0.222. The second-order valence-corrected chi connectivity index (χ2v) is 6.55. The van der Waals surface area contributed by atoms with Crippen LogP contribution in [0.2, 0.25) is 10.0 Å². The van der Waals surface area contributed by atoms with Crippen LogP contribution in [0.5, 0.6) is 0 Å². The third-order valence-corrected chi connectivity index (χ3v) is 4.81. The molecule has 1 aliphatic rings. The lowest BCUT2D eigenvalue weighted by molar-refractivity contribution is -0.674. The number of imide groups is 1. The molecule has 0 saturated carbocycles. The van der Waals surface area contributed by atoms with Gasteiger partial charge in [-0.3, -0.25) is 9.59 Å². The maximum absolute atomic E-state index is 12.6. The summed E-state index contributed by atoms with van der Waals surface area (Å²) >= 11 is 11.9. The molecule has 0 radical (unpaired) electrons. The van der Waals surface area contributed by atoms with Crippen molar-refractivity contribution in [3.63, 3.8) is 0 Å². The first-order chi connectivity index (χ1) is 11.6. The number of nitrogens with two attached hydrogens (primary N) is 1. The Morgan fingerprint density at radius 2 is 1.79 bits per heavy atom. The van der Waals surface area contributed by atoms with Crippen LogP contribution in [0.3, 0.4) is 0 Å². The van der Waals surface area contributed by atoms with Gasteiger partial charge >= 0.3 is 0 Å². The smallest absolute Gasteiger partial charge is 0.292 e. The van der Waals surface area contributed by atoms with Crippen LogP contribution in [0.25, 0.3) is 0 Å². The van der Waals surface area contributed by atoms with Gasteiger partial charge in [0.15, 0.2) is 6.04 Å². The molecule has 2 aromatic rings. The van der Waals surface area contributed by atoms with E-state index in [2.05, 4.69) is 12.1 Å². The summed E-state index contributed by atoms with van der Waals surface area (Å²) in [6.45, 7) is 0.753. The van der Waals surface area contributed by atoms with Crippen molar-refractivity contribution in [1.29, 1.82) is 0 Å². The number of hydrogen-bond acceptors (Lipinski definition) is 2. The minimum atomic E-state index is -0.379. The van der Waals surface area contributed by atoms with Gasteiger partial charge in [-0.05, 0) is 23.8 Å². The maximum atomic E-state index is 12.6. The molecule has 124 valence electrons. The molecule has 3 rings (SSSR count). The van der Waals surface area contributed by atoms with Crippen LogP contribution >= 0.6 is 23.2 Å². The highest BCUT2D eigenvalue weighted by Gasteiger charge is 2.42. The SMILES string of the molecule is O=C1C[C@H]([NH2+]CCc2ccccc2)C(=O)N1c1ccc(Cl)c(Cl)c1. The third-order valence-electron chi connectivity index (χ3n) is 4.07. The molecule has 0 spiro atoms. The molecule has 1 aliphatic heterocycles. The molecule has 0 bridgehead atoms. The van der Waals surface area contributed by atoms with Crippen LogP contribution < -0.4 is 10.2 Å².